The van der Waals surface area contributed by atoms with Crippen LogP contribution in [0.3, 0.4) is 0 Å². The van der Waals surface area contributed by atoms with Crippen molar-refractivity contribution in [2.45, 2.75) is 0 Å². The maximum atomic E-state index is 8.39. The molecule has 0 atom stereocenters. The summed E-state index contributed by atoms with van der Waals surface area (Å²) >= 11 is 3.07. The molecule has 3 heteroatoms. The number of rotatable bonds is 3. The number of allylic oxidation sites excluding steroid dienone is 1. The fourth-order valence-corrected chi connectivity index (χ4v) is 0.305. The van der Waals surface area contributed by atoms with Gasteiger partial charge in [0.25, 0.3) is 0 Å². The third kappa shape index (κ3) is 5.46. The van der Waals surface area contributed by atoms with Crippen LogP contribution in [0.15, 0.2) is 28.3 Å². The zero-order valence-corrected chi connectivity index (χ0v) is 6.56. The Morgan fingerprint density at radius 1 is 1.67 bits per heavy atom. The lowest BCUT2D eigenvalue weighted by Crippen LogP contribution is -1.83. The molecule has 0 aromatic heterocycles. The van der Waals surface area contributed by atoms with E-state index in [-0.39, 0.29) is 6.61 Å². The highest BCUT2D eigenvalue weighted by atomic mass is 79.9. The molecule has 0 aliphatic rings. The normalized spacial score (nSPS) is 10.0. The first kappa shape index (κ1) is 8.59. The number of halogens is 1. The molecule has 9 heavy (non-hydrogen) atoms. The van der Waals surface area contributed by atoms with Crippen LogP contribution in [0.2, 0.25) is 0 Å². The highest BCUT2D eigenvalue weighted by Gasteiger charge is 1.82. The van der Waals surface area contributed by atoms with Gasteiger partial charge in [0, 0.05) is 10.7 Å². The fourth-order valence-electron chi connectivity index (χ4n) is 0.202. The second kappa shape index (κ2) is 4.47. The highest BCUT2D eigenvalue weighted by molar-refractivity contribution is 9.12. The number of nitrogens with zero attached hydrogens (tertiary/aromatic N) is 1. The Kier molecular flexibility index (Phi) is 4.26. The molecule has 50 valence electrons. The summed E-state index contributed by atoms with van der Waals surface area (Å²) in [6, 6.07) is 0. The minimum absolute atomic E-state index is 0.114. The molecule has 0 aromatic carbocycles. The van der Waals surface area contributed by atoms with Crippen molar-refractivity contribution in [1.29, 1.82) is 0 Å². The Balaban J connectivity index is 3.71. The number of aliphatic imine (C=N–C) groups is 1. The van der Waals surface area contributed by atoms with E-state index in [9.17, 15) is 0 Å². The molecule has 0 unspecified atom stereocenters. The summed E-state index contributed by atoms with van der Waals surface area (Å²) in [6.45, 7) is 6.83. The van der Waals surface area contributed by atoms with E-state index in [0.29, 0.717) is 10.2 Å². The predicted molar refractivity (Wildman–Crippen MR) is 42.8 cm³/mol. The predicted octanol–water partition coefficient (Wildman–Crippen LogP) is 1.47. The molecular weight excluding hydrogens is 182 g/mol. The average Bonchev–Trinajstić information content (AvgIpc) is 1.83. The van der Waals surface area contributed by atoms with E-state index in [1.165, 1.54) is 6.21 Å². The van der Waals surface area contributed by atoms with Gasteiger partial charge in [-0.25, -0.2) is 0 Å². The minimum Gasteiger partial charge on any atom is -0.390 e. The molecule has 2 nitrogen and oxygen atoms in total. The smallest absolute Gasteiger partial charge is 0.0846 e. The highest BCUT2D eigenvalue weighted by Crippen LogP contribution is 1.97. The van der Waals surface area contributed by atoms with Crippen LogP contribution in [-0.2, 0) is 0 Å². The summed E-state index contributed by atoms with van der Waals surface area (Å²) in [7, 11) is 0. The lowest BCUT2D eigenvalue weighted by Gasteiger charge is -1.88. The Morgan fingerprint density at radius 2 is 2.22 bits per heavy atom. The molecule has 0 fully saturated rings. The summed E-state index contributed by atoms with van der Waals surface area (Å²) in [4.78, 5) is 3.73. The van der Waals surface area contributed by atoms with Crippen LogP contribution in [-0.4, -0.2) is 17.9 Å². The summed E-state index contributed by atoms with van der Waals surface area (Å²) in [5.74, 6) is 0. The van der Waals surface area contributed by atoms with Crippen molar-refractivity contribution in [3.8, 4) is 0 Å². The third-order valence-corrected chi connectivity index (χ3v) is 0.774. The standard InChI is InChI=1S/C6H8BrNO/c1-5(7)3-8-6(2)4-9/h3,9H,1-2,4H2. The Bertz CT molecular complexity index is 151. The molecule has 0 aliphatic heterocycles. The van der Waals surface area contributed by atoms with Gasteiger partial charge in [-0.1, -0.05) is 13.2 Å². The van der Waals surface area contributed by atoms with Crippen LogP contribution in [0.5, 0.6) is 0 Å². The van der Waals surface area contributed by atoms with Gasteiger partial charge in [-0.2, -0.15) is 0 Å². The first-order valence-electron chi connectivity index (χ1n) is 2.34. The largest absolute Gasteiger partial charge is 0.390 e. The summed E-state index contributed by atoms with van der Waals surface area (Å²) in [5.41, 5.74) is 0.426. The molecule has 0 saturated carbocycles. The van der Waals surface area contributed by atoms with Gasteiger partial charge in [0.15, 0.2) is 0 Å². The van der Waals surface area contributed by atoms with E-state index >= 15 is 0 Å². The van der Waals surface area contributed by atoms with Gasteiger partial charge in [-0.05, 0) is 15.9 Å². The van der Waals surface area contributed by atoms with Crippen molar-refractivity contribution in [3.63, 3.8) is 0 Å². The van der Waals surface area contributed by atoms with Crippen molar-refractivity contribution in [1.82, 2.24) is 0 Å². The van der Waals surface area contributed by atoms with Crippen LogP contribution in [0.1, 0.15) is 0 Å². The lowest BCUT2D eigenvalue weighted by atomic mass is 10.5. The average molecular weight is 190 g/mol. The third-order valence-electron chi connectivity index (χ3n) is 0.570. The molecule has 0 heterocycles. The number of hydrogen-bond acceptors (Lipinski definition) is 2. The van der Waals surface area contributed by atoms with Gasteiger partial charge in [0.05, 0.1) is 12.3 Å². The Hall–Kier alpha value is -0.410. The number of aliphatic hydroxyl groups excluding tert-OH is 1. The van der Waals surface area contributed by atoms with Crippen molar-refractivity contribution in [3.05, 3.63) is 23.3 Å². The molecule has 0 aliphatic carbocycles. The molecule has 0 spiro atoms. The van der Waals surface area contributed by atoms with E-state index < -0.39 is 0 Å². The van der Waals surface area contributed by atoms with Crippen LogP contribution in [0.4, 0.5) is 0 Å². The summed E-state index contributed by atoms with van der Waals surface area (Å²) in [6.07, 6.45) is 1.48. The molecule has 0 radical (unpaired) electrons. The molecule has 0 amide bonds. The maximum absolute atomic E-state index is 8.39. The van der Waals surface area contributed by atoms with Crippen LogP contribution in [0.25, 0.3) is 0 Å². The number of aliphatic hydroxyl groups is 1. The van der Waals surface area contributed by atoms with Crippen LogP contribution in [0, 0.1) is 0 Å². The van der Waals surface area contributed by atoms with E-state index in [2.05, 4.69) is 34.1 Å². The molecule has 1 N–H and O–H groups in total. The Morgan fingerprint density at radius 3 is 2.56 bits per heavy atom. The molecule has 0 rings (SSSR count). The van der Waals surface area contributed by atoms with Crippen LogP contribution < -0.4 is 0 Å². The first-order valence-corrected chi connectivity index (χ1v) is 3.13. The molecule has 0 aromatic rings. The lowest BCUT2D eigenvalue weighted by molar-refractivity contribution is 0.330. The van der Waals surface area contributed by atoms with Crippen LogP contribution >= 0.6 is 15.9 Å². The van der Waals surface area contributed by atoms with Gasteiger partial charge in [-0.15, -0.1) is 0 Å². The fraction of sp³-hybridized carbons (Fsp3) is 0.167. The molecular formula is C6H8BrNO. The maximum Gasteiger partial charge on any atom is 0.0846 e. The van der Waals surface area contributed by atoms with Gasteiger partial charge in [0.1, 0.15) is 0 Å². The summed E-state index contributed by atoms with van der Waals surface area (Å²) in [5, 5.41) is 8.39. The first-order chi connectivity index (χ1) is 4.16. The van der Waals surface area contributed by atoms with Crippen molar-refractivity contribution in [2.75, 3.05) is 6.61 Å². The topological polar surface area (TPSA) is 32.6 Å². The van der Waals surface area contributed by atoms with E-state index in [1.807, 2.05) is 0 Å². The van der Waals surface area contributed by atoms with Crippen molar-refractivity contribution in [2.24, 2.45) is 4.99 Å². The van der Waals surface area contributed by atoms with Crippen molar-refractivity contribution < 1.29 is 5.11 Å². The zero-order valence-electron chi connectivity index (χ0n) is 4.97. The van der Waals surface area contributed by atoms with Crippen molar-refractivity contribution >= 4 is 22.1 Å². The van der Waals surface area contributed by atoms with E-state index in [1.54, 1.807) is 0 Å². The van der Waals surface area contributed by atoms with Gasteiger partial charge >= 0.3 is 0 Å². The van der Waals surface area contributed by atoms with Gasteiger partial charge in [0.2, 0.25) is 0 Å². The number of hydrogen-bond donors (Lipinski definition) is 1. The summed E-state index contributed by atoms with van der Waals surface area (Å²) < 4.78 is 0.664. The SMILES string of the molecule is C=C(Br)C=NC(=C)CO. The zero-order chi connectivity index (χ0) is 7.28. The quantitative estimate of drug-likeness (QED) is 0.671. The van der Waals surface area contributed by atoms with E-state index in [4.69, 9.17) is 5.11 Å². The van der Waals surface area contributed by atoms with E-state index in [0.717, 1.165) is 0 Å². The van der Waals surface area contributed by atoms with Gasteiger partial charge < -0.3 is 5.11 Å². The molecule has 0 saturated heterocycles. The second-order valence-electron chi connectivity index (χ2n) is 1.43. The minimum atomic E-state index is -0.114. The monoisotopic (exact) mass is 189 g/mol. The molecule has 0 bridgehead atoms. The second-order valence-corrected chi connectivity index (χ2v) is 2.45. The van der Waals surface area contributed by atoms with Gasteiger partial charge in [-0.3, -0.25) is 4.99 Å². The Labute approximate surface area is 62.7 Å².